The van der Waals surface area contributed by atoms with Gasteiger partial charge in [0.2, 0.25) is 0 Å². The summed E-state index contributed by atoms with van der Waals surface area (Å²) < 4.78 is 39.8. The molecule has 0 saturated heterocycles. The molecule has 25 heavy (non-hydrogen) atoms. The second-order valence-corrected chi connectivity index (χ2v) is 5.63. The predicted octanol–water partition coefficient (Wildman–Crippen LogP) is 2.75. The summed E-state index contributed by atoms with van der Waals surface area (Å²) in [6.07, 6.45) is 0. The molecule has 0 radical (unpaired) electrons. The average molecular weight is 349 g/mol. The van der Waals surface area contributed by atoms with Gasteiger partial charge in [0, 0.05) is 5.39 Å². The van der Waals surface area contributed by atoms with Gasteiger partial charge >= 0.3 is 0 Å². The average Bonchev–Trinajstić information content (AvgIpc) is 3.00. The molecule has 0 spiro atoms. The number of rotatable bonds is 4. The topological polar surface area (TPSA) is 78.0 Å². The molecule has 3 aromatic rings. The van der Waals surface area contributed by atoms with Crippen molar-refractivity contribution in [1.29, 1.82) is 0 Å². The van der Waals surface area contributed by atoms with Gasteiger partial charge in [-0.2, -0.15) is 5.10 Å². The van der Waals surface area contributed by atoms with Crippen molar-refractivity contribution in [3.63, 3.8) is 0 Å². The lowest BCUT2D eigenvalue weighted by Gasteiger charge is -2.16. The van der Waals surface area contributed by atoms with Crippen molar-refractivity contribution in [2.45, 2.75) is 13.0 Å². The molecule has 8 heteroatoms. The zero-order valence-electron chi connectivity index (χ0n) is 13.1. The SMILES string of the molecule is Cc1ccc2[nH]nc(C(=O)NC(CO)c3cc(F)c(F)c(F)c3)c2c1. The summed E-state index contributed by atoms with van der Waals surface area (Å²) in [5, 5.41) is 19.1. The van der Waals surface area contributed by atoms with Crippen molar-refractivity contribution in [1.82, 2.24) is 15.5 Å². The van der Waals surface area contributed by atoms with E-state index < -0.39 is 36.0 Å². The molecule has 1 amide bonds. The summed E-state index contributed by atoms with van der Waals surface area (Å²) in [5.41, 5.74) is 1.56. The molecular formula is C17H14F3N3O2. The van der Waals surface area contributed by atoms with Gasteiger partial charge in [-0.05, 0) is 36.8 Å². The van der Waals surface area contributed by atoms with Gasteiger partial charge in [0.05, 0.1) is 18.2 Å². The van der Waals surface area contributed by atoms with Crippen LogP contribution in [0.1, 0.15) is 27.7 Å². The summed E-state index contributed by atoms with van der Waals surface area (Å²) >= 11 is 0. The number of fused-ring (bicyclic) bond motifs is 1. The summed E-state index contributed by atoms with van der Waals surface area (Å²) in [5.74, 6) is -5.05. The normalized spacial score (nSPS) is 12.4. The number of aliphatic hydroxyl groups is 1. The van der Waals surface area contributed by atoms with E-state index in [4.69, 9.17) is 0 Å². The molecule has 0 aliphatic carbocycles. The van der Waals surface area contributed by atoms with Crippen LogP contribution in [-0.4, -0.2) is 27.8 Å². The molecule has 1 unspecified atom stereocenters. The van der Waals surface area contributed by atoms with Crippen LogP contribution in [0, 0.1) is 24.4 Å². The molecule has 0 fully saturated rings. The minimum Gasteiger partial charge on any atom is -0.394 e. The van der Waals surface area contributed by atoms with Crippen LogP contribution in [0.2, 0.25) is 0 Å². The summed E-state index contributed by atoms with van der Waals surface area (Å²) in [4.78, 5) is 12.4. The lowest BCUT2D eigenvalue weighted by Crippen LogP contribution is -2.31. The molecular weight excluding hydrogens is 335 g/mol. The number of H-pyrrole nitrogens is 1. The first-order valence-electron chi connectivity index (χ1n) is 7.41. The Kier molecular flexibility index (Phi) is 4.45. The maximum atomic E-state index is 13.4. The van der Waals surface area contributed by atoms with Crippen LogP contribution in [0.4, 0.5) is 13.2 Å². The fourth-order valence-electron chi connectivity index (χ4n) is 2.54. The van der Waals surface area contributed by atoms with E-state index in [-0.39, 0.29) is 11.3 Å². The van der Waals surface area contributed by atoms with E-state index in [1.807, 2.05) is 13.0 Å². The number of aromatic nitrogens is 2. The third-order valence-electron chi connectivity index (χ3n) is 3.83. The summed E-state index contributed by atoms with van der Waals surface area (Å²) in [6.45, 7) is 1.23. The third-order valence-corrected chi connectivity index (χ3v) is 3.83. The highest BCUT2D eigenvalue weighted by Gasteiger charge is 2.21. The quantitative estimate of drug-likeness (QED) is 0.634. The van der Waals surface area contributed by atoms with Crippen molar-refractivity contribution >= 4 is 16.8 Å². The highest BCUT2D eigenvalue weighted by molar-refractivity contribution is 6.04. The zero-order valence-corrected chi connectivity index (χ0v) is 13.1. The van der Waals surface area contributed by atoms with Crippen LogP contribution in [0.3, 0.4) is 0 Å². The van der Waals surface area contributed by atoms with E-state index in [1.165, 1.54) is 0 Å². The largest absolute Gasteiger partial charge is 0.394 e. The van der Waals surface area contributed by atoms with Gasteiger partial charge in [0.15, 0.2) is 23.1 Å². The lowest BCUT2D eigenvalue weighted by molar-refractivity contribution is 0.0912. The molecule has 3 N–H and O–H groups in total. The lowest BCUT2D eigenvalue weighted by atomic mass is 10.1. The van der Waals surface area contributed by atoms with Gasteiger partial charge in [0.25, 0.3) is 5.91 Å². The minimum atomic E-state index is -1.61. The zero-order chi connectivity index (χ0) is 18.1. The number of hydrogen-bond donors (Lipinski definition) is 3. The molecule has 2 aromatic carbocycles. The maximum absolute atomic E-state index is 13.4. The number of carbonyl (C=O) groups is 1. The number of amides is 1. The fraction of sp³-hybridized carbons (Fsp3) is 0.176. The monoisotopic (exact) mass is 349 g/mol. The van der Waals surface area contributed by atoms with Gasteiger partial charge in [-0.25, -0.2) is 13.2 Å². The Hall–Kier alpha value is -2.87. The van der Waals surface area contributed by atoms with Crippen LogP contribution in [0.15, 0.2) is 30.3 Å². The first-order valence-corrected chi connectivity index (χ1v) is 7.41. The number of halogens is 3. The second kappa shape index (κ2) is 6.56. The van der Waals surface area contributed by atoms with Crippen LogP contribution in [0.5, 0.6) is 0 Å². The number of nitrogens with zero attached hydrogens (tertiary/aromatic N) is 1. The Morgan fingerprint density at radius 2 is 1.92 bits per heavy atom. The Bertz CT molecular complexity index is 932. The number of aromatic amines is 1. The van der Waals surface area contributed by atoms with Gasteiger partial charge in [-0.15, -0.1) is 0 Å². The summed E-state index contributed by atoms with van der Waals surface area (Å²) in [6, 6.07) is 5.72. The van der Waals surface area contributed by atoms with Gasteiger partial charge in [-0.3, -0.25) is 9.89 Å². The number of aryl methyl sites for hydroxylation is 1. The minimum absolute atomic E-state index is 0.0835. The van der Waals surface area contributed by atoms with E-state index in [2.05, 4.69) is 15.5 Å². The van der Waals surface area contributed by atoms with Crippen LogP contribution in [0.25, 0.3) is 10.9 Å². The van der Waals surface area contributed by atoms with E-state index in [1.54, 1.807) is 12.1 Å². The van der Waals surface area contributed by atoms with E-state index in [0.717, 1.165) is 17.7 Å². The Morgan fingerprint density at radius 1 is 1.24 bits per heavy atom. The van der Waals surface area contributed by atoms with Crippen LogP contribution in [-0.2, 0) is 0 Å². The van der Waals surface area contributed by atoms with Gasteiger partial charge < -0.3 is 10.4 Å². The fourth-order valence-corrected chi connectivity index (χ4v) is 2.54. The first kappa shape index (κ1) is 17.0. The molecule has 5 nitrogen and oxygen atoms in total. The number of nitrogens with one attached hydrogen (secondary N) is 2. The molecule has 1 atom stereocenters. The molecule has 130 valence electrons. The van der Waals surface area contributed by atoms with E-state index in [9.17, 15) is 23.1 Å². The van der Waals surface area contributed by atoms with Crippen molar-refractivity contribution in [2.24, 2.45) is 0 Å². The predicted molar refractivity (Wildman–Crippen MR) is 84.4 cm³/mol. The Labute approximate surface area is 140 Å². The molecule has 3 rings (SSSR count). The van der Waals surface area contributed by atoms with Crippen molar-refractivity contribution in [2.75, 3.05) is 6.61 Å². The van der Waals surface area contributed by atoms with Gasteiger partial charge in [-0.1, -0.05) is 11.6 Å². The van der Waals surface area contributed by atoms with Gasteiger partial charge in [0.1, 0.15) is 0 Å². The Morgan fingerprint density at radius 3 is 2.56 bits per heavy atom. The first-order chi connectivity index (χ1) is 11.9. The number of aliphatic hydroxyl groups excluding tert-OH is 1. The second-order valence-electron chi connectivity index (χ2n) is 5.63. The molecule has 1 heterocycles. The van der Waals surface area contributed by atoms with E-state index in [0.29, 0.717) is 10.9 Å². The molecule has 0 aliphatic heterocycles. The number of hydrogen-bond acceptors (Lipinski definition) is 3. The molecule has 0 bridgehead atoms. The third kappa shape index (κ3) is 3.20. The highest BCUT2D eigenvalue weighted by Crippen LogP contribution is 2.21. The van der Waals surface area contributed by atoms with Crippen LogP contribution < -0.4 is 5.32 Å². The molecule has 0 aliphatic rings. The smallest absolute Gasteiger partial charge is 0.272 e. The Balaban J connectivity index is 1.91. The molecule has 0 saturated carbocycles. The maximum Gasteiger partial charge on any atom is 0.272 e. The highest BCUT2D eigenvalue weighted by atomic mass is 19.2. The standard InChI is InChI=1S/C17H14F3N3O2/c1-8-2-3-13-10(4-8)16(23-22-13)17(25)21-14(7-24)9-5-11(18)15(20)12(19)6-9/h2-6,14,24H,7H2,1H3,(H,21,25)(H,22,23). The van der Waals surface area contributed by atoms with Crippen molar-refractivity contribution in [3.05, 3.63) is 64.6 Å². The van der Waals surface area contributed by atoms with Crippen molar-refractivity contribution in [3.8, 4) is 0 Å². The summed E-state index contributed by atoms with van der Waals surface area (Å²) in [7, 11) is 0. The van der Waals surface area contributed by atoms with E-state index >= 15 is 0 Å². The number of benzene rings is 2. The molecule has 1 aromatic heterocycles. The van der Waals surface area contributed by atoms with Crippen LogP contribution >= 0.6 is 0 Å². The number of carbonyl (C=O) groups excluding carboxylic acids is 1. The van der Waals surface area contributed by atoms with Crippen molar-refractivity contribution < 1.29 is 23.1 Å².